The summed E-state index contributed by atoms with van der Waals surface area (Å²) in [7, 11) is -2.13. The Bertz CT molecular complexity index is 1170. The zero-order valence-electron chi connectivity index (χ0n) is 18.4. The molecule has 0 aliphatic heterocycles. The lowest BCUT2D eigenvalue weighted by Gasteiger charge is -2.25. The van der Waals surface area contributed by atoms with Crippen LogP contribution >= 0.6 is 0 Å². The third-order valence-corrected chi connectivity index (χ3v) is 7.85. The fourth-order valence-electron chi connectivity index (χ4n) is 3.62. The third-order valence-electron chi connectivity index (χ3n) is 5.38. The van der Waals surface area contributed by atoms with Gasteiger partial charge in [-0.1, -0.05) is 87.5 Å². The molecule has 4 aromatic rings. The molecular weight excluding hydrogens is 417 g/mol. The molecule has 0 amide bonds. The van der Waals surface area contributed by atoms with Gasteiger partial charge in [0, 0.05) is 11.6 Å². The van der Waals surface area contributed by atoms with Gasteiger partial charge in [-0.05, 0) is 33.5 Å². The van der Waals surface area contributed by atoms with Crippen molar-refractivity contribution in [1.29, 1.82) is 0 Å². The molecule has 4 rings (SSSR count). The Kier molecular flexibility index (Phi) is 6.10. The zero-order chi connectivity index (χ0) is 22.7. The normalized spacial score (nSPS) is 11.5. The Morgan fingerprint density at radius 1 is 0.844 bits per heavy atom. The zero-order valence-corrected chi connectivity index (χ0v) is 19.6. The fourth-order valence-corrected chi connectivity index (χ4v) is 5.87. The second kappa shape index (κ2) is 8.97. The highest BCUT2D eigenvalue weighted by Crippen LogP contribution is 2.36. The summed E-state index contributed by atoms with van der Waals surface area (Å²) in [5.74, 6) is -0.198. The van der Waals surface area contributed by atoms with E-state index in [-0.39, 0.29) is 16.9 Å². The van der Waals surface area contributed by atoms with Crippen LogP contribution in [0, 0.1) is 5.82 Å². The SMILES string of the molecule is CC(C)(C)c1ccc(-c2ncc(O)cc2F)c(O[SiH](c2ccccc2)c2ccccc2)c1. The predicted octanol–water partition coefficient (Wildman–Crippen LogP) is 4.81. The van der Waals surface area contributed by atoms with E-state index in [1.54, 1.807) is 0 Å². The minimum Gasteiger partial charge on any atom is -0.537 e. The first-order valence-corrected chi connectivity index (χ1v) is 12.2. The number of hydrogen-bond donors (Lipinski definition) is 1. The number of halogens is 1. The van der Waals surface area contributed by atoms with Gasteiger partial charge in [-0.25, -0.2) is 9.37 Å². The summed E-state index contributed by atoms with van der Waals surface area (Å²) in [5, 5.41) is 11.9. The van der Waals surface area contributed by atoms with Crippen LogP contribution in [0.3, 0.4) is 0 Å². The van der Waals surface area contributed by atoms with Crippen molar-refractivity contribution in [3.05, 3.63) is 103 Å². The molecule has 1 N–H and O–H groups in total. The first-order valence-electron chi connectivity index (χ1n) is 10.6. The van der Waals surface area contributed by atoms with Gasteiger partial charge in [-0.15, -0.1) is 0 Å². The number of hydrogen-bond acceptors (Lipinski definition) is 3. The molecule has 0 bridgehead atoms. The monoisotopic (exact) mass is 443 g/mol. The molecule has 0 fully saturated rings. The minimum atomic E-state index is -2.13. The quantitative estimate of drug-likeness (QED) is 0.450. The molecule has 0 saturated carbocycles. The number of aromatic nitrogens is 1. The smallest absolute Gasteiger partial charge is 0.299 e. The Morgan fingerprint density at radius 2 is 1.44 bits per heavy atom. The molecule has 0 saturated heterocycles. The topological polar surface area (TPSA) is 42.4 Å². The molecule has 0 aliphatic carbocycles. The second-order valence-electron chi connectivity index (χ2n) is 8.80. The van der Waals surface area contributed by atoms with E-state index in [1.165, 1.54) is 6.20 Å². The van der Waals surface area contributed by atoms with Gasteiger partial charge in [0.05, 0.1) is 6.20 Å². The highest BCUT2D eigenvalue weighted by atomic mass is 28.3. The molecule has 1 aromatic heterocycles. The van der Waals surface area contributed by atoms with Crippen LogP contribution < -0.4 is 14.8 Å². The summed E-state index contributed by atoms with van der Waals surface area (Å²) in [6, 6.07) is 27.2. The summed E-state index contributed by atoms with van der Waals surface area (Å²) in [4.78, 5) is 4.16. The Labute approximate surface area is 189 Å². The van der Waals surface area contributed by atoms with Crippen molar-refractivity contribution < 1.29 is 13.9 Å². The minimum absolute atomic E-state index is 0.103. The number of benzene rings is 3. The molecule has 0 atom stereocenters. The van der Waals surface area contributed by atoms with Gasteiger partial charge in [-0.2, -0.15) is 0 Å². The Balaban J connectivity index is 1.87. The van der Waals surface area contributed by atoms with Gasteiger partial charge in [0.25, 0.3) is 9.04 Å². The largest absolute Gasteiger partial charge is 0.537 e. The number of aromatic hydroxyl groups is 1. The standard InChI is InChI=1S/C27H26FNO2Si/c1-27(2,3)19-14-15-23(26-24(28)17-20(30)18-29-26)25(16-19)31-32(21-10-6-4-7-11-21)22-12-8-5-9-13-22/h4-18,30,32H,1-3H3. The molecule has 0 spiro atoms. The maximum Gasteiger partial charge on any atom is 0.299 e. The third kappa shape index (κ3) is 4.73. The molecule has 0 aliphatic rings. The molecule has 3 aromatic carbocycles. The van der Waals surface area contributed by atoms with Crippen molar-refractivity contribution in [2.75, 3.05) is 0 Å². The number of nitrogens with zero attached hydrogens (tertiary/aromatic N) is 1. The van der Waals surface area contributed by atoms with E-state index in [0.29, 0.717) is 11.3 Å². The van der Waals surface area contributed by atoms with Gasteiger partial charge < -0.3 is 9.53 Å². The summed E-state index contributed by atoms with van der Waals surface area (Å²) < 4.78 is 21.5. The van der Waals surface area contributed by atoms with Crippen molar-refractivity contribution in [3.63, 3.8) is 0 Å². The van der Waals surface area contributed by atoms with Crippen molar-refractivity contribution >= 4 is 19.4 Å². The van der Waals surface area contributed by atoms with Crippen molar-refractivity contribution in [2.24, 2.45) is 0 Å². The summed E-state index contributed by atoms with van der Waals surface area (Å²) in [6.45, 7) is 6.40. The van der Waals surface area contributed by atoms with Crippen LogP contribution in [0.25, 0.3) is 11.3 Å². The number of rotatable bonds is 5. The molecule has 162 valence electrons. The van der Waals surface area contributed by atoms with Crippen LogP contribution in [0.2, 0.25) is 0 Å². The van der Waals surface area contributed by atoms with Crippen LogP contribution in [0.1, 0.15) is 26.3 Å². The van der Waals surface area contributed by atoms with E-state index in [2.05, 4.69) is 50.0 Å². The van der Waals surface area contributed by atoms with Gasteiger partial charge in [0.15, 0.2) is 5.82 Å². The second-order valence-corrected chi connectivity index (χ2v) is 11.1. The summed E-state index contributed by atoms with van der Waals surface area (Å²) in [6.07, 6.45) is 1.25. The lowest BCUT2D eigenvalue weighted by Crippen LogP contribution is -2.47. The highest BCUT2D eigenvalue weighted by Gasteiger charge is 2.24. The predicted molar refractivity (Wildman–Crippen MR) is 130 cm³/mol. The van der Waals surface area contributed by atoms with E-state index in [0.717, 1.165) is 22.0 Å². The molecule has 1 heterocycles. The summed E-state index contributed by atoms with van der Waals surface area (Å²) >= 11 is 0. The lowest BCUT2D eigenvalue weighted by molar-refractivity contribution is 0.466. The van der Waals surface area contributed by atoms with E-state index in [9.17, 15) is 9.50 Å². The van der Waals surface area contributed by atoms with Crippen LogP contribution in [-0.4, -0.2) is 19.1 Å². The molecule has 0 radical (unpaired) electrons. The van der Waals surface area contributed by atoms with Gasteiger partial charge in [0.1, 0.15) is 17.2 Å². The highest BCUT2D eigenvalue weighted by molar-refractivity contribution is 6.80. The van der Waals surface area contributed by atoms with E-state index in [4.69, 9.17) is 4.43 Å². The lowest BCUT2D eigenvalue weighted by atomic mass is 9.86. The van der Waals surface area contributed by atoms with Crippen molar-refractivity contribution in [2.45, 2.75) is 26.2 Å². The van der Waals surface area contributed by atoms with Gasteiger partial charge in [0.2, 0.25) is 0 Å². The van der Waals surface area contributed by atoms with Gasteiger partial charge in [-0.3, -0.25) is 0 Å². The van der Waals surface area contributed by atoms with Crippen molar-refractivity contribution in [1.82, 2.24) is 4.98 Å². The van der Waals surface area contributed by atoms with Crippen molar-refractivity contribution in [3.8, 4) is 22.8 Å². The maximum atomic E-state index is 14.8. The molecular formula is C27H26FNO2Si. The average Bonchev–Trinajstić information content (AvgIpc) is 2.78. The Hall–Kier alpha value is -3.44. The first-order chi connectivity index (χ1) is 15.3. The fraction of sp³-hybridized carbons (Fsp3) is 0.148. The molecule has 5 heteroatoms. The van der Waals surface area contributed by atoms with Gasteiger partial charge >= 0.3 is 0 Å². The van der Waals surface area contributed by atoms with Crippen LogP contribution in [-0.2, 0) is 5.41 Å². The summed E-state index contributed by atoms with van der Waals surface area (Å²) in [5.41, 5.74) is 1.71. The van der Waals surface area contributed by atoms with E-state index in [1.807, 2.05) is 54.6 Å². The molecule has 3 nitrogen and oxygen atoms in total. The average molecular weight is 444 g/mol. The van der Waals surface area contributed by atoms with E-state index >= 15 is 0 Å². The van der Waals surface area contributed by atoms with Crippen LogP contribution in [0.15, 0.2) is 91.1 Å². The van der Waals surface area contributed by atoms with E-state index < -0.39 is 14.9 Å². The number of pyridine rings is 1. The first kappa shape index (κ1) is 21.8. The van der Waals surface area contributed by atoms with Crippen LogP contribution in [0.5, 0.6) is 11.5 Å². The van der Waals surface area contributed by atoms with Crippen LogP contribution in [0.4, 0.5) is 4.39 Å². The molecule has 32 heavy (non-hydrogen) atoms. The Morgan fingerprint density at radius 3 is 1.97 bits per heavy atom. The molecule has 0 unspecified atom stereocenters. The maximum absolute atomic E-state index is 14.8.